The van der Waals surface area contributed by atoms with E-state index in [0.717, 1.165) is 20.4 Å². The number of anilines is 2. The van der Waals surface area contributed by atoms with E-state index in [1.807, 2.05) is 44.2 Å². The number of aryl methyl sites for hydroxylation is 2. The molecule has 2 aromatic carbocycles. The van der Waals surface area contributed by atoms with Gasteiger partial charge in [0, 0.05) is 15.5 Å². The summed E-state index contributed by atoms with van der Waals surface area (Å²) in [6, 6.07) is 13.2. The molecule has 128 valence electrons. The number of rotatable bonds is 5. The van der Waals surface area contributed by atoms with Crippen molar-refractivity contribution in [3.8, 4) is 11.8 Å². The maximum atomic E-state index is 12.4. The van der Waals surface area contributed by atoms with E-state index in [-0.39, 0.29) is 5.57 Å². The first-order valence-electron chi connectivity index (χ1n) is 7.53. The molecule has 2 N–H and O–H groups in total. The molecule has 2 rings (SSSR count). The van der Waals surface area contributed by atoms with Crippen LogP contribution in [0.3, 0.4) is 0 Å². The fraction of sp³-hybridized carbons (Fsp3) is 0.158. The molecule has 0 aliphatic carbocycles. The van der Waals surface area contributed by atoms with Crippen molar-refractivity contribution in [3.63, 3.8) is 0 Å². The number of hydrogen-bond acceptors (Lipinski definition) is 4. The molecule has 0 saturated heterocycles. The molecule has 0 atom stereocenters. The standard InChI is InChI=1S/C19H18IN3O2/c1-12-4-7-18(25-3)17(8-12)23-19(24)14(10-21)11-22-16-6-5-15(20)9-13(16)2/h4-9,11,22H,1-3H3,(H,23,24)/b14-11-. The zero-order valence-corrected chi connectivity index (χ0v) is 16.3. The van der Waals surface area contributed by atoms with Crippen molar-refractivity contribution in [1.82, 2.24) is 0 Å². The summed E-state index contributed by atoms with van der Waals surface area (Å²) < 4.78 is 6.36. The Kier molecular flexibility index (Phi) is 6.42. The van der Waals surface area contributed by atoms with Crippen molar-refractivity contribution in [3.05, 3.63) is 62.9 Å². The van der Waals surface area contributed by atoms with Gasteiger partial charge in [0.05, 0.1) is 12.8 Å². The molecule has 0 saturated carbocycles. The van der Waals surface area contributed by atoms with Gasteiger partial charge in [0.2, 0.25) is 0 Å². The van der Waals surface area contributed by atoms with Crippen molar-refractivity contribution >= 4 is 39.9 Å². The largest absolute Gasteiger partial charge is 0.495 e. The number of nitrogens with one attached hydrogen (secondary N) is 2. The van der Waals surface area contributed by atoms with Crippen molar-refractivity contribution in [2.24, 2.45) is 0 Å². The SMILES string of the molecule is COc1ccc(C)cc1NC(=O)/C(C#N)=C\Nc1ccc(I)cc1C. The molecule has 5 nitrogen and oxygen atoms in total. The number of amides is 1. The van der Waals surface area contributed by atoms with Crippen molar-refractivity contribution < 1.29 is 9.53 Å². The third-order valence-corrected chi connectivity index (χ3v) is 4.20. The number of nitriles is 1. The highest BCUT2D eigenvalue weighted by atomic mass is 127. The van der Waals surface area contributed by atoms with Gasteiger partial charge in [0.25, 0.3) is 5.91 Å². The molecule has 0 aromatic heterocycles. The molecule has 0 spiro atoms. The highest BCUT2D eigenvalue weighted by molar-refractivity contribution is 14.1. The Morgan fingerprint density at radius 1 is 1.20 bits per heavy atom. The fourth-order valence-electron chi connectivity index (χ4n) is 2.20. The summed E-state index contributed by atoms with van der Waals surface area (Å²) in [7, 11) is 1.53. The lowest BCUT2D eigenvalue weighted by atomic mass is 10.2. The van der Waals surface area contributed by atoms with E-state index >= 15 is 0 Å². The van der Waals surface area contributed by atoms with Gasteiger partial charge in [-0.05, 0) is 77.9 Å². The van der Waals surface area contributed by atoms with Crippen LogP contribution < -0.4 is 15.4 Å². The Balaban J connectivity index is 2.18. The Hall–Kier alpha value is -2.53. The minimum absolute atomic E-state index is 0.0264. The third kappa shape index (κ3) is 4.97. The van der Waals surface area contributed by atoms with Crippen LogP contribution in [0.4, 0.5) is 11.4 Å². The average Bonchev–Trinajstić information content (AvgIpc) is 2.57. The fourth-order valence-corrected chi connectivity index (χ4v) is 2.84. The minimum Gasteiger partial charge on any atom is -0.495 e. The van der Waals surface area contributed by atoms with Gasteiger partial charge in [-0.25, -0.2) is 0 Å². The quantitative estimate of drug-likeness (QED) is 0.406. The second-order valence-corrected chi connectivity index (χ2v) is 6.68. The van der Waals surface area contributed by atoms with E-state index < -0.39 is 5.91 Å². The zero-order valence-electron chi connectivity index (χ0n) is 14.2. The Morgan fingerprint density at radius 3 is 2.60 bits per heavy atom. The summed E-state index contributed by atoms with van der Waals surface area (Å²) in [4.78, 5) is 12.4. The van der Waals surface area contributed by atoms with Crippen LogP contribution >= 0.6 is 22.6 Å². The normalized spacial score (nSPS) is 10.8. The molecule has 0 unspecified atom stereocenters. The number of halogens is 1. The van der Waals surface area contributed by atoms with Crippen LogP contribution in [-0.4, -0.2) is 13.0 Å². The van der Waals surface area contributed by atoms with Gasteiger partial charge in [-0.1, -0.05) is 6.07 Å². The number of benzene rings is 2. The van der Waals surface area contributed by atoms with Crippen LogP contribution in [0.1, 0.15) is 11.1 Å². The molecule has 0 heterocycles. The molecule has 0 aliphatic heterocycles. The van der Waals surface area contributed by atoms with Gasteiger partial charge < -0.3 is 15.4 Å². The Labute approximate surface area is 160 Å². The second kappa shape index (κ2) is 8.53. The van der Waals surface area contributed by atoms with Crippen LogP contribution in [0.5, 0.6) is 5.75 Å². The third-order valence-electron chi connectivity index (χ3n) is 3.53. The van der Waals surface area contributed by atoms with Crippen LogP contribution in [-0.2, 0) is 4.79 Å². The number of ether oxygens (including phenoxy) is 1. The number of carbonyl (C=O) groups is 1. The van der Waals surface area contributed by atoms with Gasteiger partial charge in [0.15, 0.2) is 0 Å². The smallest absolute Gasteiger partial charge is 0.267 e. The van der Waals surface area contributed by atoms with Crippen LogP contribution in [0.15, 0.2) is 48.2 Å². The van der Waals surface area contributed by atoms with Crippen molar-refractivity contribution in [2.45, 2.75) is 13.8 Å². The molecular formula is C19H18IN3O2. The summed E-state index contributed by atoms with van der Waals surface area (Å²) in [6.07, 6.45) is 1.41. The maximum absolute atomic E-state index is 12.4. The molecular weight excluding hydrogens is 429 g/mol. The topological polar surface area (TPSA) is 74.1 Å². The predicted molar refractivity (Wildman–Crippen MR) is 108 cm³/mol. The minimum atomic E-state index is -0.498. The van der Waals surface area contributed by atoms with Crippen LogP contribution in [0, 0.1) is 28.7 Å². The number of nitrogens with zero attached hydrogens (tertiary/aromatic N) is 1. The Morgan fingerprint density at radius 2 is 1.96 bits per heavy atom. The lowest BCUT2D eigenvalue weighted by Crippen LogP contribution is -2.15. The van der Waals surface area contributed by atoms with E-state index in [1.165, 1.54) is 13.3 Å². The molecule has 6 heteroatoms. The molecule has 25 heavy (non-hydrogen) atoms. The maximum Gasteiger partial charge on any atom is 0.267 e. The molecule has 0 aliphatic rings. The highest BCUT2D eigenvalue weighted by Gasteiger charge is 2.12. The summed E-state index contributed by atoms with van der Waals surface area (Å²) in [5.41, 5.74) is 3.35. The molecule has 0 fully saturated rings. The Bertz CT molecular complexity index is 869. The van der Waals surface area contributed by atoms with Gasteiger partial charge in [-0.2, -0.15) is 5.26 Å². The molecule has 2 aromatic rings. The first-order chi connectivity index (χ1) is 11.9. The average molecular weight is 447 g/mol. The van der Waals surface area contributed by atoms with Gasteiger partial charge in [0.1, 0.15) is 17.4 Å². The van der Waals surface area contributed by atoms with Crippen LogP contribution in [0.25, 0.3) is 0 Å². The first kappa shape index (κ1) is 18.8. The van der Waals surface area contributed by atoms with Gasteiger partial charge in [-0.3, -0.25) is 4.79 Å². The molecule has 1 amide bonds. The zero-order chi connectivity index (χ0) is 18.4. The van der Waals surface area contributed by atoms with E-state index in [0.29, 0.717) is 11.4 Å². The lowest BCUT2D eigenvalue weighted by Gasteiger charge is -2.11. The molecule has 0 bridgehead atoms. The van der Waals surface area contributed by atoms with Gasteiger partial charge >= 0.3 is 0 Å². The van der Waals surface area contributed by atoms with E-state index in [4.69, 9.17) is 4.74 Å². The highest BCUT2D eigenvalue weighted by Crippen LogP contribution is 2.25. The molecule has 0 radical (unpaired) electrons. The monoisotopic (exact) mass is 447 g/mol. The second-order valence-electron chi connectivity index (χ2n) is 5.43. The number of carbonyl (C=O) groups excluding carboxylic acids is 1. The summed E-state index contributed by atoms with van der Waals surface area (Å²) in [5, 5.41) is 15.0. The van der Waals surface area contributed by atoms with E-state index in [1.54, 1.807) is 12.1 Å². The van der Waals surface area contributed by atoms with Crippen molar-refractivity contribution in [1.29, 1.82) is 5.26 Å². The first-order valence-corrected chi connectivity index (χ1v) is 8.61. The number of methoxy groups -OCH3 is 1. The summed E-state index contributed by atoms with van der Waals surface area (Å²) in [5.74, 6) is 0.0414. The van der Waals surface area contributed by atoms with E-state index in [9.17, 15) is 10.1 Å². The van der Waals surface area contributed by atoms with Gasteiger partial charge in [-0.15, -0.1) is 0 Å². The van der Waals surface area contributed by atoms with Crippen LogP contribution in [0.2, 0.25) is 0 Å². The van der Waals surface area contributed by atoms with E-state index in [2.05, 4.69) is 33.2 Å². The van der Waals surface area contributed by atoms with Crippen molar-refractivity contribution in [2.75, 3.05) is 17.7 Å². The number of hydrogen-bond donors (Lipinski definition) is 2. The summed E-state index contributed by atoms with van der Waals surface area (Å²) in [6.45, 7) is 3.87. The predicted octanol–water partition coefficient (Wildman–Crippen LogP) is 4.37. The summed E-state index contributed by atoms with van der Waals surface area (Å²) >= 11 is 2.23. The lowest BCUT2D eigenvalue weighted by molar-refractivity contribution is -0.112.